The van der Waals surface area contributed by atoms with E-state index in [2.05, 4.69) is 24.3 Å². The molecule has 0 heterocycles. The van der Waals surface area contributed by atoms with Crippen LogP contribution in [0.4, 0.5) is 0 Å². The molecule has 3 heteroatoms. The fourth-order valence-electron chi connectivity index (χ4n) is 3.82. The summed E-state index contributed by atoms with van der Waals surface area (Å²) in [6.07, 6.45) is 0. The highest BCUT2D eigenvalue weighted by Gasteiger charge is 2.77. The standard InChI is InChI=1S/C21H16Cl2O/c22-21(23)19(15-7-3-1-4-8-15)20(21,16-9-5-2-6-10-16)17-11-13-18(24)14-12-17/h1-14,19,24H. The molecule has 3 aromatic rings. The Hall–Kier alpha value is -1.96. The molecule has 1 N–H and O–H groups in total. The maximum absolute atomic E-state index is 9.66. The van der Waals surface area contributed by atoms with Crippen molar-refractivity contribution >= 4 is 23.2 Å². The average molecular weight is 355 g/mol. The van der Waals surface area contributed by atoms with Crippen LogP contribution in [0.25, 0.3) is 0 Å². The predicted molar refractivity (Wildman–Crippen MR) is 98.9 cm³/mol. The Balaban J connectivity index is 1.95. The molecule has 0 bridgehead atoms. The highest BCUT2D eigenvalue weighted by molar-refractivity contribution is 6.53. The molecule has 1 nitrogen and oxygen atoms in total. The van der Waals surface area contributed by atoms with Crippen molar-refractivity contribution in [2.45, 2.75) is 15.7 Å². The van der Waals surface area contributed by atoms with E-state index in [0.29, 0.717) is 0 Å². The maximum Gasteiger partial charge on any atom is 0.140 e. The van der Waals surface area contributed by atoms with Gasteiger partial charge in [0.1, 0.15) is 10.1 Å². The Morgan fingerprint density at radius 1 is 0.667 bits per heavy atom. The van der Waals surface area contributed by atoms with Gasteiger partial charge in [-0.15, -0.1) is 0 Å². The minimum Gasteiger partial charge on any atom is -0.508 e. The van der Waals surface area contributed by atoms with Crippen molar-refractivity contribution in [2.24, 2.45) is 0 Å². The highest BCUT2D eigenvalue weighted by atomic mass is 35.5. The first-order valence-electron chi connectivity index (χ1n) is 7.86. The third kappa shape index (κ3) is 2.08. The molecule has 0 spiro atoms. The molecule has 1 aliphatic carbocycles. The molecule has 0 saturated heterocycles. The van der Waals surface area contributed by atoms with Crippen LogP contribution in [0.2, 0.25) is 0 Å². The number of hydrogen-bond acceptors (Lipinski definition) is 1. The molecular weight excluding hydrogens is 339 g/mol. The fraction of sp³-hybridized carbons (Fsp3) is 0.143. The monoisotopic (exact) mass is 354 g/mol. The number of aromatic hydroxyl groups is 1. The van der Waals surface area contributed by atoms with Crippen LogP contribution in [0.15, 0.2) is 84.9 Å². The summed E-state index contributed by atoms with van der Waals surface area (Å²) in [6, 6.07) is 27.4. The van der Waals surface area contributed by atoms with Crippen LogP contribution in [0, 0.1) is 0 Å². The van der Waals surface area contributed by atoms with E-state index in [9.17, 15) is 5.11 Å². The van der Waals surface area contributed by atoms with Gasteiger partial charge in [-0.1, -0.05) is 96.0 Å². The molecule has 120 valence electrons. The Bertz CT molecular complexity index is 844. The molecular formula is C21H16Cl2O. The van der Waals surface area contributed by atoms with E-state index >= 15 is 0 Å². The lowest BCUT2D eigenvalue weighted by Gasteiger charge is -2.20. The molecule has 0 aliphatic heterocycles. The Morgan fingerprint density at radius 3 is 1.75 bits per heavy atom. The smallest absolute Gasteiger partial charge is 0.140 e. The quantitative estimate of drug-likeness (QED) is 0.602. The normalized spacial score (nSPS) is 24.5. The van der Waals surface area contributed by atoms with E-state index in [1.165, 1.54) is 0 Å². The van der Waals surface area contributed by atoms with E-state index in [0.717, 1.165) is 16.7 Å². The van der Waals surface area contributed by atoms with Gasteiger partial charge in [0, 0.05) is 5.92 Å². The van der Waals surface area contributed by atoms with Crippen LogP contribution in [0.5, 0.6) is 5.75 Å². The summed E-state index contributed by atoms with van der Waals surface area (Å²) in [6.45, 7) is 0. The molecule has 24 heavy (non-hydrogen) atoms. The highest BCUT2D eigenvalue weighted by Crippen LogP contribution is 2.77. The van der Waals surface area contributed by atoms with Crippen molar-refractivity contribution in [3.8, 4) is 5.75 Å². The number of halogens is 2. The molecule has 3 aromatic carbocycles. The van der Waals surface area contributed by atoms with Gasteiger partial charge in [-0.3, -0.25) is 0 Å². The second-order valence-corrected chi connectivity index (χ2v) is 7.57. The lowest BCUT2D eigenvalue weighted by Crippen LogP contribution is -2.17. The number of phenolic OH excluding ortho intramolecular Hbond substituents is 1. The summed E-state index contributed by atoms with van der Waals surface area (Å²) in [5, 5.41) is 9.66. The Labute approximate surface area is 151 Å². The number of rotatable bonds is 3. The molecule has 1 aliphatic rings. The molecule has 1 fully saturated rings. The summed E-state index contributed by atoms with van der Waals surface area (Å²) in [7, 11) is 0. The van der Waals surface area contributed by atoms with Crippen LogP contribution < -0.4 is 0 Å². The first-order valence-corrected chi connectivity index (χ1v) is 8.62. The zero-order valence-corrected chi connectivity index (χ0v) is 14.4. The van der Waals surface area contributed by atoms with Crippen molar-refractivity contribution in [3.63, 3.8) is 0 Å². The molecule has 0 amide bonds. The van der Waals surface area contributed by atoms with Gasteiger partial charge in [0.25, 0.3) is 0 Å². The van der Waals surface area contributed by atoms with Crippen molar-refractivity contribution < 1.29 is 5.11 Å². The topological polar surface area (TPSA) is 20.2 Å². The summed E-state index contributed by atoms with van der Waals surface area (Å²) in [5.41, 5.74) is 2.66. The first kappa shape index (κ1) is 15.6. The summed E-state index contributed by atoms with van der Waals surface area (Å²) < 4.78 is -0.952. The predicted octanol–water partition coefficient (Wildman–Crippen LogP) is 5.65. The SMILES string of the molecule is Oc1ccc(C2(c3ccccc3)C(c3ccccc3)C2(Cl)Cl)cc1. The second-order valence-electron chi connectivity index (χ2n) is 6.19. The van der Waals surface area contributed by atoms with Crippen LogP contribution in [0.3, 0.4) is 0 Å². The number of hydrogen-bond donors (Lipinski definition) is 1. The van der Waals surface area contributed by atoms with E-state index in [1.54, 1.807) is 12.1 Å². The second kappa shape index (κ2) is 5.54. The molecule has 2 atom stereocenters. The minimum absolute atomic E-state index is 0.0542. The van der Waals surface area contributed by atoms with Gasteiger partial charge < -0.3 is 5.11 Å². The summed E-state index contributed by atoms with van der Waals surface area (Å²) >= 11 is 13.8. The molecule has 0 radical (unpaired) electrons. The third-order valence-electron chi connectivity index (χ3n) is 4.92. The summed E-state index contributed by atoms with van der Waals surface area (Å²) in [4.78, 5) is 0. The van der Waals surface area contributed by atoms with Gasteiger partial charge in [0.2, 0.25) is 0 Å². The van der Waals surface area contributed by atoms with E-state index in [4.69, 9.17) is 23.2 Å². The number of phenols is 1. The molecule has 2 unspecified atom stereocenters. The van der Waals surface area contributed by atoms with E-state index in [1.807, 2.05) is 48.5 Å². The zero-order valence-electron chi connectivity index (χ0n) is 12.9. The van der Waals surface area contributed by atoms with Crippen molar-refractivity contribution in [1.29, 1.82) is 0 Å². The van der Waals surface area contributed by atoms with Crippen molar-refractivity contribution in [1.82, 2.24) is 0 Å². The van der Waals surface area contributed by atoms with Gasteiger partial charge in [-0.25, -0.2) is 0 Å². The number of alkyl halides is 2. The van der Waals surface area contributed by atoms with Gasteiger partial charge in [0.05, 0.1) is 5.41 Å². The van der Waals surface area contributed by atoms with Crippen LogP contribution in [0.1, 0.15) is 22.6 Å². The maximum atomic E-state index is 9.66. The van der Waals surface area contributed by atoms with E-state index in [-0.39, 0.29) is 11.7 Å². The van der Waals surface area contributed by atoms with Gasteiger partial charge in [0.15, 0.2) is 0 Å². The molecule has 0 aromatic heterocycles. The van der Waals surface area contributed by atoms with Gasteiger partial charge >= 0.3 is 0 Å². The van der Waals surface area contributed by atoms with Crippen LogP contribution >= 0.6 is 23.2 Å². The third-order valence-corrected chi connectivity index (χ3v) is 5.96. The minimum atomic E-state index is -0.952. The molecule has 4 rings (SSSR count). The first-order chi connectivity index (χ1) is 11.6. The lowest BCUT2D eigenvalue weighted by atomic mass is 9.84. The fourth-order valence-corrected chi connectivity index (χ4v) is 4.94. The Morgan fingerprint density at radius 2 is 1.17 bits per heavy atom. The average Bonchev–Trinajstić information content (AvgIpc) is 3.14. The van der Waals surface area contributed by atoms with E-state index < -0.39 is 9.75 Å². The van der Waals surface area contributed by atoms with Crippen LogP contribution in [-0.2, 0) is 5.41 Å². The van der Waals surface area contributed by atoms with Crippen LogP contribution in [-0.4, -0.2) is 9.44 Å². The zero-order chi connectivity index (χ0) is 16.8. The van der Waals surface area contributed by atoms with Crippen molar-refractivity contribution in [3.05, 3.63) is 102 Å². The Kier molecular flexibility index (Phi) is 3.59. The largest absolute Gasteiger partial charge is 0.508 e. The van der Waals surface area contributed by atoms with Crippen molar-refractivity contribution in [2.75, 3.05) is 0 Å². The summed E-state index contributed by atoms with van der Waals surface area (Å²) in [5.74, 6) is 0.176. The van der Waals surface area contributed by atoms with Gasteiger partial charge in [-0.05, 0) is 28.8 Å². The van der Waals surface area contributed by atoms with Gasteiger partial charge in [-0.2, -0.15) is 0 Å². The molecule has 1 saturated carbocycles. The number of benzene rings is 3. The lowest BCUT2D eigenvalue weighted by molar-refractivity contribution is 0.475.